The van der Waals surface area contributed by atoms with Crippen molar-refractivity contribution in [2.24, 2.45) is 5.92 Å². The van der Waals surface area contributed by atoms with Gasteiger partial charge in [-0.3, -0.25) is 4.79 Å². The molecule has 0 aliphatic heterocycles. The minimum Gasteiger partial charge on any atom is -0.484 e. The van der Waals surface area contributed by atoms with Crippen LogP contribution in [0.3, 0.4) is 0 Å². The summed E-state index contributed by atoms with van der Waals surface area (Å²) in [5.74, 6) is -1.36. The molecule has 23 heavy (non-hydrogen) atoms. The van der Waals surface area contributed by atoms with Crippen LogP contribution in [-0.2, 0) is 4.79 Å². The molecular formula is C16H17F3N2O2. The number of halogens is 3. The third kappa shape index (κ3) is 5.16. The lowest BCUT2D eigenvalue weighted by atomic mass is 9.85. The highest BCUT2D eigenvalue weighted by molar-refractivity contribution is 5.77. The maximum absolute atomic E-state index is 12.7. The van der Waals surface area contributed by atoms with Crippen LogP contribution in [0.2, 0.25) is 0 Å². The van der Waals surface area contributed by atoms with Gasteiger partial charge in [-0.1, -0.05) is 6.42 Å². The van der Waals surface area contributed by atoms with Crippen molar-refractivity contribution < 1.29 is 22.7 Å². The number of nitriles is 1. The first-order valence-electron chi connectivity index (χ1n) is 7.37. The number of hydrogen-bond acceptors (Lipinski definition) is 3. The molecule has 0 saturated heterocycles. The van der Waals surface area contributed by atoms with Gasteiger partial charge in [-0.05, 0) is 43.5 Å². The summed E-state index contributed by atoms with van der Waals surface area (Å²) >= 11 is 0. The summed E-state index contributed by atoms with van der Waals surface area (Å²) in [7, 11) is 0. The third-order valence-corrected chi connectivity index (χ3v) is 3.86. The van der Waals surface area contributed by atoms with E-state index in [2.05, 4.69) is 5.32 Å². The Labute approximate surface area is 132 Å². The van der Waals surface area contributed by atoms with Crippen molar-refractivity contribution in [2.75, 3.05) is 6.61 Å². The van der Waals surface area contributed by atoms with E-state index in [0.29, 0.717) is 24.2 Å². The van der Waals surface area contributed by atoms with Gasteiger partial charge in [0.25, 0.3) is 5.91 Å². The number of rotatable bonds is 4. The Morgan fingerprint density at radius 3 is 2.61 bits per heavy atom. The Hall–Kier alpha value is -2.23. The molecule has 0 radical (unpaired) electrons. The number of amides is 1. The smallest absolute Gasteiger partial charge is 0.391 e. The molecular weight excluding hydrogens is 309 g/mol. The molecule has 4 nitrogen and oxygen atoms in total. The van der Waals surface area contributed by atoms with Crippen molar-refractivity contribution in [3.8, 4) is 11.8 Å². The molecule has 0 unspecified atom stereocenters. The van der Waals surface area contributed by atoms with Crippen LogP contribution >= 0.6 is 0 Å². The second-order valence-electron chi connectivity index (χ2n) is 5.59. The summed E-state index contributed by atoms with van der Waals surface area (Å²) in [5, 5.41) is 11.3. The van der Waals surface area contributed by atoms with Crippen molar-refractivity contribution in [2.45, 2.75) is 37.9 Å². The monoisotopic (exact) mass is 326 g/mol. The molecule has 1 saturated carbocycles. The molecule has 0 heterocycles. The lowest BCUT2D eigenvalue weighted by Gasteiger charge is -2.30. The van der Waals surface area contributed by atoms with Crippen LogP contribution in [0.5, 0.6) is 5.75 Å². The predicted molar refractivity (Wildman–Crippen MR) is 76.6 cm³/mol. The first kappa shape index (κ1) is 17.1. The predicted octanol–water partition coefficient (Wildman–Crippen LogP) is 3.17. The molecule has 7 heteroatoms. The summed E-state index contributed by atoms with van der Waals surface area (Å²) in [6.07, 6.45) is -3.16. The number of hydrogen-bond donors (Lipinski definition) is 1. The van der Waals surface area contributed by atoms with E-state index in [9.17, 15) is 18.0 Å². The van der Waals surface area contributed by atoms with Gasteiger partial charge in [0.15, 0.2) is 6.61 Å². The second kappa shape index (κ2) is 7.36. The summed E-state index contributed by atoms with van der Waals surface area (Å²) in [4.78, 5) is 11.8. The van der Waals surface area contributed by atoms with Crippen LogP contribution < -0.4 is 10.1 Å². The molecule has 0 aromatic heterocycles. The number of ether oxygens (including phenoxy) is 1. The summed E-state index contributed by atoms with van der Waals surface area (Å²) < 4.78 is 43.4. The fourth-order valence-corrected chi connectivity index (χ4v) is 2.66. The molecule has 1 aliphatic rings. The van der Waals surface area contributed by atoms with Crippen LogP contribution in [0.1, 0.15) is 31.2 Å². The molecule has 124 valence electrons. The molecule has 1 aliphatic carbocycles. The lowest BCUT2D eigenvalue weighted by Crippen LogP contribution is -2.43. The van der Waals surface area contributed by atoms with E-state index in [1.165, 1.54) is 0 Å². The third-order valence-electron chi connectivity index (χ3n) is 3.86. The Kier molecular flexibility index (Phi) is 5.48. The highest BCUT2D eigenvalue weighted by atomic mass is 19.4. The standard InChI is InChI=1S/C16H17F3N2O2/c17-16(18,19)12-2-1-3-13(8-12)21-15(22)10-23-14-6-4-11(9-20)5-7-14/h4-7,12-13H,1-3,8,10H2,(H,21,22)/t12-,13+/m1/s1. The molecule has 1 aromatic carbocycles. The van der Waals surface area contributed by atoms with Crippen molar-refractivity contribution in [3.63, 3.8) is 0 Å². The Morgan fingerprint density at radius 1 is 1.30 bits per heavy atom. The van der Waals surface area contributed by atoms with Crippen LogP contribution in [0.25, 0.3) is 0 Å². The largest absolute Gasteiger partial charge is 0.484 e. The quantitative estimate of drug-likeness (QED) is 0.924. The van der Waals surface area contributed by atoms with Gasteiger partial charge in [0.2, 0.25) is 0 Å². The van der Waals surface area contributed by atoms with Gasteiger partial charge in [0.1, 0.15) is 5.75 Å². The molecule has 0 bridgehead atoms. The second-order valence-corrected chi connectivity index (χ2v) is 5.59. The number of carbonyl (C=O) groups is 1. The molecule has 2 rings (SSSR count). The molecule has 0 spiro atoms. The van der Waals surface area contributed by atoms with E-state index in [0.717, 1.165) is 0 Å². The van der Waals surface area contributed by atoms with Gasteiger partial charge in [-0.25, -0.2) is 0 Å². The van der Waals surface area contributed by atoms with Gasteiger partial charge in [0, 0.05) is 6.04 Å². The number of alkyl halides is 3. The van der Waals surface area contributed by atoms with Crippen LogP contribution in [-0.4, -0.2) is 24.7 Å². The summed E-state index contributed by atoms with van der Waals surface area (Å²) in [6, 6.07) is 7.74. The number of benzene rings is 1. The van der Waals surface area contributed by atoms with Gasteiger partial charge in [0.05, 0.1) is 17.6 Å². The van der Waals surface area contributed by atoms with Gasteiger partial charge in [-0.15, -0.1) is 0 Å². The molecule has 1 N–H and O–H groups in total. The van der Waals surface area contributed by atoms with Crippen molar-refractivity contribution in [3.05, 3.63) is 29.8 Å². The van der Waals surface area contributed by atoms with E-state index in [1.54, 1.807) is 24.3 Å². The lowest BCUT2D eigenvalue weighted by molar-refractivity contribution is -0.184. The number of nitrogens with one attached hydrogen (secondary N) is 1. The van der Waals surface area contributed by atoms with Gasteiger partial charge in [-0.2, -0.15) is 18.4 Å². The highest BCUT2D eigenvalue weighted by Gasteiger charge is 2.42. The fourth-order valence-electron chi connectivity index (χ4n) is 2.66. The van der Waals surface area contributed by atoms with E-state index in [-0.39, 0.29) is 19.4 Å². The molecule has 1 amide bonds. The zero-order valence-electron chi connectivity index (χ0n) is 12.4. The first-order chi connectivity index (χ1) is 10.9. The minimum absolute atomic E-state index is 0.0773. The average Bonchev–Trinajstić information content (AvgIpc) is 2.53. The zero-order valence-corrected chi connectivity index (χ0v) is 12.4. The zero-order chi connectivity index (χ0) is 16.9. The van der Waals surface area contributed by atoms with Crippen LogP contribution in [0.4, 0.5) is 13.2 Å². The average molecular weight is 326 g/mol. The SMILES string of the molecule is N#Cc1ccc(OCC(=O)N[C@H]2CCC[C@@H](C(F)(F)F)C2)cc1. The highest BCUT2D eigenvalue weighted by Crippen LogP contribution is 2.37. The maximum atomic E-state index is 12.7. The molecule has 1 fully saturated rings. The van der Waals surface area contributed by atoms with Crippen molar-refractivity contribution >= 4 is 5.91 Å². The molecule has 2 atom stereocenters. The van der Waals surface area contributed by atoms with E-state index >= 15 is 0 Å². The number of nitrogens with zero attached hydrogens (tertiary/aromatic N) is 1. The molecule has 1 aromatic rings. The van der Waals surface area contributed by atoms with E-state index < -0.39 is 24.0 Å². The minimum atomic E-state index is -4.21. The van der Waals surface area contributed by atoms with Crippen LogP contribution in [0, 0.1) is 17.2 Å². The normalized spacial score (nSPS) is 21.3. The van der Waals surface area contributed by atoms with E-state index in [1.807, 2.05) is 6.07 Å². The fraction of sp³-hybridized carbons (Fsp3) is 0.500. The Bertz CT molecular complexity index is 578. The summed E-state index contributed by atoms with van der Waals surface area (Å²) in [5.41, 5.74) is 0.474. The summed E-state index contributed by atoms with van der Waals surface area (Å²) in [6.45, 7) is -0.265. The number of carbonyl (C=O) groups excluding carboxylic acids is 1. The topological polar surface area (TPSA) is 62.1 Å². The van der Waals surface area contributed by atoms with E-state index in [4.69, 9.17) is 10.00 Å². The van der Waals surface area contributed by atoms with Gasteiger partial charge < -0.3 is 10.1 Å². The Balaban J connectivity index is 1.79. The van der Waals surface area contributed by atoms with Gasteiger partial charge >= 0.3 is 6.18 Å². The Morgan fingerprint density at radius 2 is 2.00 bits per heavy atom. The van der Waals surface area contributed by atoms with Crippen molar-refractivity contribution in [1.29, 1.82) is 5.26 Å². The van der Waals surface area contributed by atoms with Crippen LogP contribution in [0.15, 0.2) is 24.3 Å². The van der Waals surface area contributed by atoms with Crippen molar-refractivity contribution in [1.82, 2.24) is 5.32 Å². The first-order valence-corrected chi connectivity index (χ1v) is 7.37. The maximum Gasteiger partial charge on any atom is 0.391 e.